The van der Waals surface area contributed by atoms with Crippen molar-refractivity contribution < 1.29 is 8.78 Å². The van der Waals surface area contributed by atoms with Crippen molar-refractivity contribution in [3.8, 4) is 11.1 Å². The van der Waals surface area contributed by atoms with E-state index in [1.165, 1.54) is 6.07 Å². The van der Waals surface area contributed by atoms with E-state index in [4.69, 9.17) is 5.73 Å². The molecule has 1 unspecified atom stereocenters. The Balaban J connectivity index is 2.46. The maximum Gasteiger partial charge on any atom is 0.133 e. The number of hydrogen-bond acceptors (Lipinski definition) is 1. The van der Waals surface area contributed by atoms with Crippen molar-refractivity contribution in [2.45, 2.75) is 19.9 Å². The van der Waals surface area contributed by atoms with Gasteiger partial charge in [-0.05, 0) is 36.6 Å². The summed E-state index contributed by atoms with van der Waals surface area (Å²) in [5, 5.41) is 0. The summed E-state index contributed by atoms with van der Waals surface area (Å²) in [5.74, 6) is -1.07. The summed E-state index contributed by atoms with van der Waals surface area (Å²) in [7, 11) is 0. The van der Waals surface area contributed by atoms with Crippen molar-refractivity contribution in [2.24, 2.45) is 5.73 Å². The lowest BCUT2D eigenvalue weighted by Crippen LogP contribution is -2.04. The van der Waals surface area contributed by atoms with Crippen LogP contribution in [0.5, 0.6) is 0 Å². The molecule has 0 aliphatic heterocycles. The Hall–Kier alpha value is -1.74. The first-order valence-corrected chi connectivity index (χ1v) is 5.80. The van der Waals surface area contributed by atoms with Crippen LogP contribution in [0, 0.1) is 18.6 Å². The minimum Gasteiger partial charge on any atom is -0.324 e. The molecule has 2 rings (SSSR count). The van der Waals surface area contributed by atoms with E-state index in [1.807, 2.05) is 19.1 Å². The van der Waals surface area contributed by atoms with E-state index in [0.29, 0.717) is 11.1 Å². The maximum absolute atomic E-state index is 13.7. The second-order valence-electron chi connectivity index (χ2n) is 4.49. The molecule has 94 valence electrons. The molecule has 0 saturated heterocycles. The Morgan fingerprint density at radius 3 is 2.17 bits per heavy atom. The molecule has 1 atom stereocenters. The average Bonchev–Trinajstić information content (AvgIpc) is 2.34. The quantitative estimate of drug-likeness (QED) is 0.854. The van der Waals surface area contributed by atoms with E-state index in [0.717, 1.165) is 17.2 Å². The van der Waals surface area contributed by atoms with E-state index in [-0.39, 0.29) is 6.04 Å². The largest absolute Gasteiger partial charge is 0.324 e. The highest BCUT2D eigenvalue weighted by atomic mass is 19.1. The van der Waals surface area contributed by atoms with E-state index in [9.17, 15) is 8.78 Å². The molecule has 0 aliphatic rings. The molecule has 2 N–H and O–H groups in total. The smallest absolute Gasteiger partial charge is 0.133 e. The molecular formula is C15H15F2N. The first-order chi connectivity index (χ1) is 8.49. The Kier molecular flexibility index (Phi) is 3.43. The summed E-state index contributed by atoms with van der Waals surface area (Å²) in [6, 6.07) is 9.70. The molecule has 18 heavy (non-hydrogen) atoms. The normalized spacial score (nSPS) is 12.5. The van der Waals surface area contributed by atoms with Gasteiger partial charge < -0.3 is 5.73 Å². The maximum atomic E-state index is 13.7. The van der Waals surface area contributed by atoms with Gasteiger partial charge in [0.15, 0.2) is 0 Å². The molecule has 2 aromatic carbocycles. The first kappa shape index (κ1) is 12.7. The van der Waals surface area contributed by atoms with E-state index < -0.39 is 11.6 Å². The van der Waals surface area contributed by atoms with E-state index in [1.54, 1.807) is 19.1 Å². The molecule has 0 fully saturated rings. The lowest BCUT2D eigenvalue weighted by molar-refractivity contribution is 0.579. The Labute approximate surface area is 105 Å². The molecule has 0 bridgehead atoms. The van der Waals surface area contributed by atoms with Gasteiger partial charge in [-0.15, -0.1) is 0 Å². The monoisotopic (exact) mass is 247 g/mol. The molecule has 0 amide bonds. The van der Waals surface area contributed by atoms with Crippen LogP contribution in [0.2, 0.25) is 0 Å². The number of benzene rings is 2. The molecule has 2 aromatic rings. The molecular weight excluding hydrogens is 232 g/mol. The summed E-state index contributed by atoms with van der Waals surface area (Å²) >= 11 is 0. The Bertz CT molecular complexity index is 559. The van der Waals surface area contributed by atoms with Crippen molar-refractivity contribution in [1.82, 2.24) is 0 Å². The minimum absolute atomic E-state index is 0.0566. The molecule has 1 nitrogen and oxygen atoms in total. The van der Waals surface area contributed by atoms with Gasteiger partial charge in [-0.2, -0.15) is 0 Å². The number of halogens is 2. The fourth-order valence-electron chi connectivity index (χ4n) is 1.84. The summed E-state index contributed by atoms with van der Waals surface area (Å²) in [4.78, 5) is 0. The van der Waals surface area contributed by atoms with Gasteiger partial charge in [-0.1, -0.05) is 24.3 Å². The van der Waals surface area contributed by atoms with Gasteiger partial charge in [0.2, 0.25) is 0 Å². The second kappa shape index (κ2) is 4.86. The number of hydrogen-bond donors (Lipinski definition) is 1. The number of rotatable bonds is 2. The Morgan fingerprint density at radius 1 is 1.00 bits per heavy atom. The van der Waals surface area contributed by atoms with Gasteiger partial charge in [0.25, 0.3) is 0 Å². The lowest BCUT2D eigenvalue weighted by atomic mass is 9.99. The topological polar surface area (TPSA) is 26.0 Å². The molecule has 0 aromatic heterocycles. The summed E-state index contributed by atoms with van der Waals surface area (Å²) < 4.78 is 26.9. The van der Waals surface area contributed by atoms with Crippen LogP contribution >= 0.6 is 0 Å². The van der Waals surface area contributed by atoms with Crippen LogP contribution < -0.4 is 5.73 Å². The molecule has 0 heterocycles. The van der Waals surface area contributed by atoms with Crippen molar-refractivity contribution in [3.05, 3.63) is 59.2 Å². The Morgan fingerprint density at radius 2 is 1.61 bits per heavy atom. The second-order valence-corrected chi connectivity index (χ2v) is 4.49. The van der Waals surface area contributed by atoms with Gasteiger partial charge >= 0.3 is 0 Å². The van der Waals surface area contributed by atoms with Crippen LogP contribution in [-0.4, -0.2) is 0 Å². The zero-order chi connectivity index (χ0) is 13.3. The average molecular weight is 247 g/mol. The number of nitrogens with two attached hydrogens (primary N) is 1. The molecule has 0 radical (unpaired) electrons. The minimum atomic E-state index is -0.549. The zero-order valence-corrected chi connectivity index (χ0v) is 10.4. The van der Waals surface area contributed by atoms with Gasteiger partial charge in [-0.3, -0.25) is 0 Å². The highest BCUT2D eigenvalue weighted by molar-refractivity contribution is 5.65. The third kappa shape index (κ3) is 2.41. The van der Waals surface area contributed by atoms with Crippen molar-refractivity contribution in [3.63, 3.8) is 0 Å². The SMILES string of the molecule is Cc1cc(-c2ccc(C(C)N)cc2)c(F)cc1F. The predicted molar refractivity (Wildman–Crippen MR) is 69.1 cm³/mol. The van der Waals surface area contributed by atoms with E-state index in [2.05, 4.69) is 0 Å². The third-order valence-corrected chi connectivity index (χ3v) is 3.00. The fourth-order valence-corrected chi connectivity index (χ4v) is 1.84. The van der Waals surface area contributed by atoms with E-state index >= 15 is 0 Å². The van der Waals surface area contributed by atoms with Crippen LogP contribution in [0.4, 0.5) is 8.78 Å². The van der Waals surface area contributed by atoms with Crippen LogP contribution in [0.1, 0.15) is 24.1 Å². The van der Waals surface area contributed by atoms with Gasteiger partial charge in [0, 0.05) is 17.7 Å². The fraction of sp³-hybridized carbons (Fsp3) is 0.200. The molecule has 0 saturated carbocycles. The van der Waals surface area contributed by atoms with Gasteiger partial charge in [0.05, 0.1) is 0 Å². The van der Waals surface area contributed by atoms with Gasteiger partial charge in [0.1, 0.15) is 11.6 Å². The van der Waals surface area contributed by atoms with Crippen LogP contribution in [-0.2, 0) is 0 Å². The van der Waals surface area contributed by atoms with Gasteiger partial charge in [-0.25, -0.2) is 8.78 Å². The lowest BCUT2D eigenvalue weighted by Gasteiger charge is -2.09. The summed E-state index contributed by atoms with van der Waals surface area (Å²) in [5.41, 5.74) is 8.30. The van der Waals surface area contributed by atoms with Crippen molar-refractivity contribution in [2.75, 3.05) is 0 Å². The molecule has 3 heteroatoms. The van der Waals surface area contributed by atoms with Crippen molar-refractivity contribution in [1.29, 1.82) is 0 Å². The highest BCUT2D eigenvalue weighted by Gasteiger charge is 2.09. The summed E-state index contributed by atoms with van der Waals surface area (Å²) in [6.07, 6.45) is 0. The highest BCUT2D eigenvalue weighted by Crippen LogP contribution is 2.26. The summed E-state index contributed by atoms with van der Waals surface area (Å²) in [6.45, 7) is 3.51. The van der Waals surface area contributed by atoms with Crippen LogP contribution in [0.15, 0.2) is 36.4 Å². The predicted octanol–water partition coefficient (Wildman–Crippen LogP) is 3.96. The molecule has 0 aliphatic carbocycles. The first-order valence-electron chi connectivity index (χ1n) is 5.80. The molecule has 0 spiro atoms. The zero-order valence-electron chi connectivity index (χ0n) is 10.4. The number of aryl methyl sites for hydroxylation is 1. The van der Waals surface area contributed by atoms with Crippen molar-refractivity contribution >= 4 is 0 Å². The third-order valence-electron chi connectivity index (χ3n) is 3.00. The van der Waals surface area contributed by atoms with Crippen LogP contribution in [0.25, 0.3) is 11.1 Å². The van der Waals surface area contributed by atoms with Crippen LogP contribution in [0.3, 0.4) is 0 Å². The standard InChI is InChI=1S/C15H15F2N/c1-9-7-13(15(17)8-14(9)16)12-5-3-11(4-6-12)10(2)18/h3-8,10H,18H2,1-2H3.